The number of benzene rings is 2. The second kappa shape index (κ2) is 14.6. The SMILES string of the molecule is CCCCOc1cc(OCCCC)c(-c2onc(C(=O)NCC(F)(F)F)c2NC(=O)c2ccc(OC)cc2)cc1Cl. The van der Waals surface area contributed by atoms with Crippen LogP contribution in [0.1, 0.15) is 60.4 Å². The van der Waals surface area contributed by atoms with Gasteiger partial charge in [-0.25, -0.2) is 0 Å². The number of anilines is 1. The standard InChI is InChI=1S/C28H31ClF3N3O6/c1-4-6-12-39-21-15-22(40-13-7-5-2)20(29)14-19(21)25-23(24(35-41-25)27(37)33-16-28(30,31)32)34-26(36)17-8-10-18(38-3)11-9-17/h8-11,14-15H,4-7,12-13,16H2,1-3H3,(H,33,37)(H,34,36). The number of aromatic nitrogens is 1. The molecule has 0 aliphatic heterocycles. The first-order valence-electron chi connectivity index (χ1n) is 13.0. The quantitative estimate of drug-likeness (QED) is 0.194. The molecule has 3 rings (SSSR count). The molecule has 222 valence electrons. The lowest BCUT2D eigenvalue weighted by atomic mass is 10.1. The van der Waals surface area contributed by atoms with Crippen molar-refractivity contribution in [2.45, 2.75) is 45.7 Å². The van der Waals surface area contributed by atoms with Crippen molar-refractivity contribution in [1.29, 1.82) is 0 Å². The number of hydrogen-bond donors (Lipinski definition) is 2. The summed E-state index contributed by atoms with van der Waals surface area (Å²) in [6.07, 6.45) is -1.40. The van der Waals surface area contributed by atoms with E-state index in [2.05, 4.69) is 10.5 Å². The molecule has 9 nitrogen and oxygen atoms in total. The highest BCUT2D eigenvalue weighted by Crippen LogP contribution is 2.43. The number of alkyl halides is 3. The summed E-state index contributed by atoms with van der Waals surface area (Å²) in [5.41, 5.74) is -0.440. The fraction of sp³-hybridized carbons (Fsp3) is 0.393. The van der Waals surface area contributed by atoms with E-state index >= 15 is 0 Å². The molecule has 0 unspecified atom stereocenters. The van der Waals surface area contributed by atoms with Gasteiger partial charge in [0.15, 0.2) is 11.5 Å². The van der Waals surface area contributed by atoms with Crippen molar-refractivity contribution in [1.82, 2.24) is 10.5 Å². The fourth-order valence-corrected chi connectivity index (χ4v) is 3.75. The first kappa shape index (κ1) is 31.6. The molecule has 0 fully saturated rings. The zero-order valence-electron chi connectivity index (χ0n) is 22.8. The van der Waals surface area contributed by atoms with E-state index in [-0.39, 0.29) is 33.3 Å². The highest BCUT2D eigenvalue weighted by molar-refractivity contribution is 6.32. The van der Waals surface area contributed by atoms with Crippen molar-refractivity contribution in [3.05, 3.63) is 52.7 Å². The molecule has 13 heteroatoms. The highest BCUT2D eigenvalue weighted by Gasteiger charge is 2.32. The van der Waals surface area contributed by atoms with Crippen LogP contribution in [0.5, 0.6) is 17.2 Å². The Kier molecular flexibility index (Phi) is 11.3. The number of methoxy groups -OCH3 is 1. The van der Waals surface area contributed by atoms with E-state index in [9.17, 15) is 22.8 Å². The molecule has 0 saturated heterocycles. The Morgan fingerprint density at radius 3 is 2.20 bits per heavy atom. The molecule has 1 heterocycles. The van der Waals surface area contributed by atoms with Gasteiger partial charge in [-0.1, -0.05) is 43.4 Å². The normalized spacial score (nSPS) is 11.2. The number of ether oxygens (including phenoxy) is 3. The summed E-state index contributed by atoms with van der Waals surface area (Å²) in [5, 5.41) is 8.18. The molecule has 0 spiro atoms. The Morgan fingerprint density at radius 1 is 0.976 bits per heavy atom. The van der Waals surface area contributed by atoms with Crippen molar-refractivity contribution in [2.75, 3.05) is 32.2 Å². The van der Waals surface area contributed by atoms with Gasteiger partial charge in [0.2, 0.25) is 0 Å². The molecule has 0 radical (unpaired) electrons. The molecule has 2 amide bonds. The van der Waals surface area contributed by atoms with Gasteiger partial charge < -0.3 is 29.4 Å². The topological polar surface area (TPSA) is 112 Å². The van der Waals surface area contributed by atoms with Crippen LogP contribution in [0.15, 0.2) is 40.9 Å². The second-order valence-electron chi connectivity index (χ2n) is 8.90. The van der Waals surface area contributed by atoms with Crippen molar-refractivity contribution in [3.63, 3.8) is 0 Å². The van der Waals surface area contributed by atoms with Crippen LogP contribution in [-0.4, -0.2) is 50.0 Å². The third-order valence-corrected chi connectivity index (χ3v) is 6.03. The minimum Gasteiger partial charge on any atom is -0.497 e. The molecule has 0 aliphatic carbocycles. The molecule has 1 aromatic heterocycles. The summed E-state index contributed by atoms with van der Waals surface area (Å²) in [6, 6.07) is 9.08. The summed E-state index contributed by atoms with van der Waals surface area (Å²) in [5.74, 6) is -0.918. The number of nitrogens with zero attached hydrogens (tertiary/aromatic N) is 1. The molecular weight excluding hydrogens is 567 g/mol. The van der Waals surface area contributed by atoms with Crippen molar-refractivity contribution in [3.8, 4) is 28.6 Å². The maximum absolute atomic E-state index is 13.1. The lowest BCUT2D eigenvalue weighted by Gasteiger charge is -2.15. The van der Waals surface area contributed by atoms with Gasteiger partial charge in [-0.15, -0.1) is 0 Å². The van der Waals surface area contributed by atoms with E-state index in [0.29, 0.717) is 24.7 Å². The van der Waals surface area contributed by atoms with Gasteiger partial charge in [0.1, 0.15) is 29.5 Å². The molecule has 3 aromatic rings. The first-order valence-corrected chi connectivity index (χ1v) is 13.3. The van der Waals surface area contributed by atoms with Crippen LogP contribution >= 0.6 is 11.6 Å². The average molecular weight is 598 g/mol. The number of nitrogens with one attached hydrogen (secondary N) is 2. The minimum atomic E-state index is -4.67. The summed E-state index contributed by atoms with van der Waals surface area (Å²) in [6.45, 7) is 3.13. The predicted octanol–water partition coefficient (Wildman–Crippen LogP) is 6.91. The van der Waals surface area contributed by atoms with Gasteiger partial charge in [0.25, 0.3) is 11.8 Å². The van der Waals surface area contributed by atoms with Crippen LogP contribution < -0.4 is 24.8 Å². The second-order valence-corrected chi connectivity index (χ2v) is 9.31. The van der Waals surface area contributed by atoms with E-state index in [4.69, 9.17) is 30.3 Å². The van der Waals surface area contributed by atoms with E-state index in [1.807, 2.05) is 13.8 Å². The lowest BCUT2D eigenvalue weighted by Crippen LogP contribution is -2.34. The molecule has 41 heavy (non-hydrogen) atoms. The Labute approximate surface area is 240 Å². The average Bonchev–Trinajstić information content (AvgIpc) is 3.36. The summed E-state index contributed by atoms with van der Waals surface area (Å²) in [4.78, 5) is 25.9. The Hall–Kier alpha value is -3.93. The van der Waals surface area contributed by atoms with E-state index in [0.717, 1.165) is 25.7 Å². The van der Waals surface area contributed by atoms with Crippen LogP contribution in [0.25, 0.3) is 11.3 Å². The Morgan fingerprint density at radius 2 is 1.61 bits per heavy atom. The van der Waals surface area contributed by atoms with Crippen LogP contribution in [-0.2, 0) is 0 Å². The van der Waals surface area contributed by atoms with E-state index in [1.54, 1.807) is 23.5 Å². The van der Waals surface area contributed by atoms with E-state index in [1.165, 1.54) is 25.3 Å². The molecule has 2 N–H and O–H groups in total. The van der Waals surface area contributed by atoms with Crippen molar-refractivity contribution < 1.29 is 41.5 Å². The van der Waals surface area contributed by atoms with Crippen LogP contribution in [0.2, 0.25) is 5.02 Å². The highest BCUT2D eigenvalue weighted by atomic mass is 35.5. The van der Waals surface area contributed by atoms with E-state index < -0.39 is 30.2 Å². The molecule has 2 aromatic carbocycles. The number of rotatable bonds is 14. The molecule has 0 aliphatic rings. The van der Waals surface area contributed by atoms with Gasteiger partial charge in [-0.05, 0) is 43.2 Å². The van der Waals surface area contributed by atoms with Gasteiger partial charge in [-0.3, -0.25) is 9.59 Å². The van der Waals surface area contributed by atoms with Gasteiger partial charge in [0.05, 0.1) is 30.9 Å². The fourth-order valence-electron chi connectivity index (χ4n) is 3.53. The molecule has 0 bridgehead atoms. The summed E-state index contributed by atoms with van der Waals surface area (Å²) in [7, 11) is 1.47. The summed E-state index contributed by atoms with van der Waals surface area (Å²) >= 11 is 6.50. The maximum Gasteiger partial charge on any atom is 0.405 e. The summed E-state index contributed by atoms with van der Waals surface area (Å²) < 4.78 is 60.7. The van der Waals surface area contributed by atoms with Crippen LogP contribution in [0.4, 0.5) is 18.9 Å². The number of carbonyl (C=O) groups is 2. The molecule has 0 atom stereocenters. The van der Waals surface area contributed by atoms with Crippen molar-refractivity contribution >= 4 is 29.1 Å². The number of halogens is 4. The zero-order chi connectivity index (χ0) is 30.0. The van der Waals surface area contributed by atoms with Crippen LogP contribution in [0, 0.1) is 0 Å². The number of carbonyl (C=O) groups excluding carboxylic acids is 2. The molecule has 0 saturated carbocycles. The van der Waals surface area contributed by atoms with Crippen LogP contribution in [0.3, 0.4) is 0 Å². The molecular formula is C28H31ClF3N3O6. The van der Waals surface area contributed by atoms with Gasteiger partial charge in [-0.2, -0.15) is 13.2 Å². The maximum atomic E-state index is 13.1. The van der Waals surface area contributed by atoms with Gasteiger partial charge >= 0.3 is 6.18 Å². The largest absolute Gasteiger partial charge is 0.497 e. The number of amides is 2. The van der Waals surface area contributed by atoms with Gasteiger partial charge in [0, 0.05) is 11.6 Å². The lowest BCUT2D eigenvalue weighted by molar-refractivity contribution is -0.123. The predicted molar refractivity (Wildman–Crippen MR) is 147 cm³/mol. The third kappa shape index (κ3) is 8.78. The minimum absolute atomic E-state index is 0.141. The number of hydrogen-bond acceptors (Lipinski definition) is 7. The monoisotopic (exact) mass is 597 g/mol. The smallest absolute Gasteiger partial charge is 0.405 e. The number of unbranched alkanes of at least 4 members (excludes halogenated alkanes) is 2. The Bertz CT molecular complexity index is 1330. The third-order valence-electron chi connectivity index (χ3n) is 5.74. The Balaban J connectivity index is 2.08. The zero-order valence-corrected chi connectivity index (χ0v) is 23.6. The van der Waals surface area contributed by atoms with Crippen molar-refractivity contribution in [2.24, 2.45) is 0 Å². The first-order chi connectivity index (χ1) is 19.6.